The Kier molecular flexibility index (Phi) is 5.17. The van der Waals surface area contributed by atoms with E-state index in [-0.39, 0.29) is 18.0 Å². The summed E-state index contributed by atoms with van der Waals surface area (Å²) in [6.07, 6.45) is 0.815. The van der Waals surface area contributed by atoms with Gasteiger partial charge in [-0.25, -0.2) is 10.6 Å². The van der Waals surface area contributed by atoms with Crippen molar-refractivity contribution in [2.75, 3.05) is 20.2 Å². The quantitative estimate of drug-likeness (QED) is 0.341. The lowest BCUT2D eigenvalue weighted by Gasteiger charge is -2.23. The van der Waals surface area contributed by atoms with Crippen LogP contribution in [-0.2, 0) is 9.53 Å². The first kappa shape index (κ1) is 13.7. The maximum absolute atomic E-state index is 11.1. The summed E-state index contributed by atoms with van der Waals surface area (Å²) in [7, 11) is 1.34. The highest BCUT2D eigenvalue weighted by atomic mass is 16.5. The zero-order valence-electron chi connectivity index (χ0n) is 10.2. The third kappa shape index (κ3) is 4.20. The summed E-state index contributed by atoms with van der Waals surface area (Å²) in [6, 6.07) is 0.203. The van der Waals surface area contributed by atoms with Gasteiger partial charge >= 0.3 is 6.09 Å². The van der Waals surface area contributed by atoms with Gasteiger partial charge in [-0.1, -0.05) is 0 Å². The van der Waals surface area contributed by atoms with Crippen LogP contribution in [0.2, 0.25) is 0 Å². The molecule has 2 unspecified atom stereocenters. The predicted molar refractivity (Wildman–Crippen MR) is 61.9 cm³/mol. The Bertz CT molecular complexity index is 285. The van der Waals surface area contributed by atoms with E-state index < -0.39 is 6.09 Å². The highest BCUT2D eigenvalue weighted by Gasteiger charge is 2.28. The molecule has 4 N–H and O–H groups in total. The number of nitrogens with zero attached hydrogens (tertiary/aromatic N) is 1. The number of hydrogen-bond donors (Lipinski definition) is 3. The van der Waals surface area contributed by atoms with Crippen molar-refractivity contribution >= 4 is 12.0 Å². The third-order valence-corrected chi connectivity index (χ3v) is 2.99. The number of alkyl carbamates (subject to hydrolysis) is 1. The summed E-state index contributed by atoms with van der Waals surface area (Å²) in [5.74, 6) is 4.86. The van der Waals surface area contributed by atoms with Crippen LogP contribution in [-0.4, -0.2) is 49.2 Å². The molecule has 1 fully saturated rings. The van der Waals surface area contributed by atoms with Crippen LogP contribution < -0.4 is 16.6 Å². The van der Waals surface area contributed by atoms with Crippen molar-refractivity contribution in [3.05, 3.63) is 0 Å². The van der Waals surface area contributed by atoms with Crippen molar-refractivity contribution in [1.82, 2.24) is 15.6 Å². The van der Waals surface area contributed by atoms with Crippen LogP contribution >= 0.6 is 0 Å². The van der Waals surface area contributed by atoms with Crippen LogP contribution in [0.3, 0.4) is 0 Å². The average molecular weight is 244 g/mol. The van der Waals surface area contributed by atoms with Crippen molar-refractivity contribution in [3.63, 3.8) is 0 Å². The van der Waals surface area contributed by atoms with Crippen LogP contribution in [0, 0.1) is 0 Å². The summed E-state index contributed by atoms with van der Waals surface area (Å²) >= 11 is 0. The van der Waals surface area contributed by atoms with Gasteiger partial charge in [-0.15, -0.1) is 0 Å². The fourth-order valence-corrected chi connectivity index (χ4v) is 1.99. The molecule has 0 aromatic heterocycles. The molecule has 17 heavy (non-hydrogen) atoms. The van der Waals surface area contributed by atoms with E-state index >= 15 is 0 Å². The van der Waals surface area contributed by atoms with Crippen molar-refractivity contribution in [3.8, 4) is 0 Å². The molecule has 98 valence electrons. The molecule has 0 aliphatic carbocycles. The van der Waals surface area contributed by atoms with Gasteiger partial charge < -0.3 is 10.1 Å². The molecular weight excluding hydrogens is 224 g/mol. The lowest BCUT2D eigenvalue weighted by atomic mass is 10.2. The highest BCUT2D eigenvalue weighted by Crippen LogP contribution is 2.14. The minimum atomic E-state index is -0.413. The van der Waals surface area contributed by atoms with E-state index in [4.69, 9.17) is 5.84 Å². The Morgan fingerprint density at radius 2 is 2.29 bits per heavy atom. The molecular formula is C10H20N4O3. The Hall–Kier alpha value is -1.34. The first-order valence-electron chi connectivity index (χ1n) is 5.64. The number of carbonyl (C=O) groups excluding carboxylic acids is 2. The van der Waals surface area contributed by atoms with E-state index in [0.717, 1.165) is 19.5 Å². The number of nitrogens with one attached hydrogen (secondary N) is 2. The monoisotopic (exact) mass is 244 g/mol. The summed E-state index contributed by atoms with van der Waals surface area (Å²) in [5, 5.41) is 2.75. The van der Waals surface area contributed by atoms with Crippen LogP contribution in [0.15, 0.2) is 0 Å². The van der Waals surface area contributed by atoms with Gasteiger partial charge in [-0.05, 0) is 13.3 Å². The van der Waals surface area contributed by atoms with E-state index in [0.29, 0.717) is 6.42 Å². The zero-order chi connectivity index (χ0) is 12.8. The molecule has 7 nitrogen and oxygen atoms in total. The smallest absolute Gasteiger partial charge is 0.407 e. The molecule has 0 radical (unpaired) electrons. The first-order chi connectivity index (χ1) is 8.06. The second kappa shape index (κ2) is 6.41. The lowest BCUT2D eigenvalue weighted by molar-refractivity contribution is -0.122. The molecule has 0 aromatic carbocycles. The molecule has 7 heteroatoms. The standard InChI is InChI=1S/C10H20N4O3/c1-7(5-9(15)13-11)14-4-3-8(6-14)12-10(16)17-2/h7-8H,3-6,11H2,1-2H3,(H,12,16)(H,13,15). The summed E-state index contributed by atoms with van der Waals surface area (Å²) in [5.41, 5.74) is 2.12. The zero-order valence-corrected chi connectivity index (χ0v) is 10.2. The van der Waals surface area contributed by atoms with Gasteiger partial charge in [0.15, 0.2) is 0 Å². The molecule has 1 saturated heterocycles. The number of ether oxygens (including phenoxy) is 1. The molecule has 1 aliphatic rings. The maximum atomic E-state index is 11.1. The molecule has 0 saturated carbocycles. The Labute approximate surface area is 101 Å². The second-order valence-corrected chi connectivity index (χ2v) is 4.24. The number of carbonyl (C=O) groups is 2. The Balaban J connectivity index is 2.34. The van der Waals surface area contributed by atoms with E-state index in [1.807, 2.05) is 6.92 Å². The summed E-state index contributed by atoms with van der Waals surface area (Å²) in [6.45, 7) is 3.55. The number of hydrazine groups is 1. The van der Waals surface area contributed by atoms with Gasteiger partial charge in [0.05, 0.1) is 7.11 Å². The molecule has 0 bridgehead atoms. The van der Waals surface area contributed by atoms with Crippen molar-refractivity contribution in [2.45, 2.75) is 31.8 Å². The number of hydrogen-bond acceptors (Lipinski definition) is 5. The van der Waals surface area contributed by atoms with Crippen LogP contribution in [0.25, 0.3) is 0 Å². The van der Waals surface area contributed by atoms with Gasteiger partial charge in [0.25, 0.3) is 0 Å². The fourth-order valence-electron chi connectivity index (χ4n) is 1.99. The molecule has 1 rings (SSSR count). The summed E-state index contributed by atoms with van der Waals surface area (Å²) < 4.78 is 4.54. The van der Waals surface area contributed by atoms with Crippen LogP contribution in [0.4, 0.5) is 4.79 Å². The number of methoxy groups -OCH3 is 1. The molecule has 2 amide bonds. The molecule has 0 aromatic rings. The SMILES string of the molecule is COC(=O)NC1CCN(C(C)CC(=O)NN)C1. The number of likely N-dealkylation sites (tertiary alicyclic amines) is 1. The molecule has 2 atom stereocenters. The Morgan fingerprint density at radius 1 is 1.59 bits per heavy atom. The molecule has 0 spiro atoms. The normalized spacial score (nSPS) is 21.9. The maximum Gasteiger partial charge on any atom is 0.407 e. The van der Waals surface area contributed by atoms with Crippen molar-refractivity contribution in [2.24, 2.45) is 5.84 Å². The number of rotatable bonds is 4. The summed E-state index contributed by atoms with van der Waals surface area (Å²) in [4.78, 5) is 24.3. The minimum Gasteiger partial charge on any atom is -0.453 e. The van der Waals surface area contributed by atoms with Crippen molar-refractivity contribution < 1.29 is 14.3 Å². The average Bonchev–Trinajstić information content (AvgIpc) is 2.77. The van der Waals surface area contributed by atoms with Gasteiger partial charge in [0.1, 0.15) is 0 Å². The Morgan fingerprint density at radius 3 is 2.88 bits per heavy atom. The lowest BCUT2D eigenvalue weighted by Crippen LogP contribution is -2.41. The number of amides is 2. The van der Waals surface area contributed by atoms with Gasteiger partial charge in [-0.3, -0.25) is 15.1 Å². The third-order valence-electron chi connectivity index (χ3n) is 2.99. The molecule has 1 heterocycles. The first-order valence-corrected chi connectivity index (χ1v) is 5.64. The van der Waals surface area contributed by atoms with Crippen LogP contribution in [0.5, 0.6) is 0 Å². The van der Waals surface area contributed by atoms with Gasteiger partial charge in [0.2, 0.25) is 5.91 Å². The second-order valence-electron chi connectivity index (χ2n) is 4.24. The van der Waals surface area contributed by atoms with Gasteiger partial charge in [0, 0.05) is 31.6 Å². The number of nitrogens with two attached hydrogens (primary N) is 1. The highest BCUT2D eigenvalue weighted by molar-refractivity contribution is 5.75. The topological polar surface area (TPSA) is 96.7 Å². The van der Waals surface area contributed by atoms with E-state index in [1.54, 1.807) is 0 Å². The largest absolute Gasteiger partial charge is 0.453 e. The predicted octanol–water partition coefficient (Wildman–Crippen LogP) is -0.815. The van der Waals surface area contributed by atoms with E-state index in [9.17, 15) is 9.59 Å². The van der Waals surface area contributed by atoms with E-state index in [1.165, 1.54) is 7.11 Å². The minimum absolute atomic E-state index is 0.0887. The van der Waals surface area contributed by atoms with Crippen LogP contribution in [0.1, 0.15) is 19.8 Å². The molecule has 1 aliphatic heterocycles. The van der Waals surface area contributed by atoms with Crippen molar-refractivity contribution in [1.29, 1.82) is 0 Å². The van der Waals surface area contributed by atoms with E-state index in [2.05, 4.69) is 20.4 Å². The fraction of sp³-hybridized carbons (Fsp3) is 0.800. The van der Waals surface area contributed by atoms with Gasteiger partial charge in [-0.2, -0.15) is 0 Å².